The molecule has 128 valence electrons. The van der Waals surface area contributed by atoms with Crippen molar-refractivity contribution in [3.63, 3.8) is 0 Å². The molecule has 4 saturated carbocycles. The maximum absolute atomic E-state index is 13.1. The van der Waals surface area contributed by atoms with E-state index in [0.29, 0.717) is 5.56 Å². The fourth-order valence-electron chi connectivity index (χ4n) is 5.85. The van der Waals surface area contributed by atoms with E-state index in [4.69, 9.17) is 0 Å². The molecule has 1 N–H and O–H groups in total. The first-order valence-electron chi connectivity index (χ1n) is 9.37. The largest absolute Gasteiger partial charge is 0.349 e. The number of hydrogen-bond acceptors (Lipinski definition) is 2. The van der Waals surface area contributed by atoms with Crippen molar-refractivity contribution in [1.29, 1.82) is 0 Å². The molecule has 4 aliphatic rings. The van der Waals surface area contributed by atoms with Crippen molar-refractivity contribution in [2.45, 2.75) is 58.4 Å². The summed E-state index contributed by atoms with van der Waals surface area (Å²) >= 11 is 0. The second kappa shape index (κ2) is 5.72. The second-order valence-corrected chi connectivity index (χ2v) is 8.57. The van der Waals surface area contributed by atoms with Crippen LogP contribution in [0.25, 0.3) is 0 Å². The SMILES string of the molecule is CC(=O)c1cccc(C(C)NC(=O)C23CC4CC(CC(C4)C2)C3)c1. The van der Waals surface area contributed by atoms with Crippen LogP contribution in [0.3, 0.4) is 0 Å². The summed E-state index contributed by atoms with van der Waals surface area (Å²) in [7, 11) is 0. The molecular formula is C21H27NO2. The zero-order chi connectivity index (χ0) is 16.9. The number of nitrogens with one attached hydrogen (secondary N) is 1. The summed E-state index contributed by atoms with van der Waals surface area (Å²) in [6, 6.07) is 7.59. The molecule has 3 heteroatoms. The highest BCUT2D eigenvalue weighted by atomic mass is 16.2. The Morgan fingerprint density at radius 3 is 2.21 bits per heavy atom. The van der Waals surface area contributed by atoms with E-state index in [1.165, 1.54) is 19.3 Å². The molecular weight excluding hydrogens is 298 g/mol. The number of amides is 1. The first-order valence-corrected chi connectivity index (χ1v) is 9.37. The summed E-state index contributed by atoms with van der Waals surface area (Å²) in [5, 5.41) is 3.27. The minimum absolute atomic E-state index is 0.0511. The van der Waals surface area contributed by atoms with Gasteiger partial charge in [-0.2, -0.15) is 0 Å². The van der Waals surface area contributed by atoms with E-state index in [-0.39, 0.29) is 23.1 Å². The van der Waals surface area contributed by atoms with Gasteiger partial charge in [-0.3, -0.25) is 9.59 Å². The van der Waals surface area contributed by atoms with Crippen molar-refractivity contribution in [1.82, 2.24) is 5.32 Å². The molecule has 5 rings (SSSR count). The third kappa shape index (κ3) is 2.68. The van der Waals surface area contributed by atoms with Crippen LogP contribution >= 0.6 is 0 Å². The van der Waals surface area contributed by atoms with E-state index in [1.807, 2.05) is 31.2 Å². The van der Waals surface area contributed by atoms with Crippen molar-refractivity contribution in [2.75, 3.05) is 0 Å². The summed E-state index contributed by atoms with van der Waals surface area (Å²) in [5.41, 5.74) is 1.62. The van der Waals surface area contributed by atoms with Crippen LogP contribution in [0.15, 0.2) is 24.3 Å². The summed E-state index contributed by atoms with van der Waals surface area (Å²) in [6.07, 6.45) is 7.31. The van der Waals surface area contributed by atoms with Crippen LogP contribution in [0.1, 0.15) is 74.3 Å². The molecule has 0 aliphatic heterocycles. The van der Waals surface area contributed by atoms with E-state index in [9.17, 15) is 9.59 Å². The molecule has 1 atom stereocenters. The maximum Gasteiger partial charge on any atom is 0.226 e. The predicted molar refractivity (Wildman–Crippen MR) is 93.6 cm³/mol. The van der Waals surface area contributed by atoms with Gasteiger partial charge in [0, 0.05) is 11.0 Å². The van der Waals surface area contributed by atoms with E-state index in [2.05, 4.69) is 5.32 Å². The van der Waals surface area contributed by atoms with E-state index in [1.54, 1.807) is 6.92 Å². The average Bonchev–Trinajstić information content (AvgIpc) is 2.53. The van der Waals surface area contributed by atoms with Gasteiger partial charge in [-0.25, -0.2) is 0 Å². The van der Waals surface area contributed by atoms with Crippen LogP contribution in [-0.2, 0) is 4.79 Å². The number of ketones is 1. The standard InChI is InChI=1S/C21H27NO2/c1-13(18-4-3-5-19(9-18)14(2)23)22-20(24)21-10-15-6-16(11-21)8-17(7-15)12-21/h3-5,9,13,15-17H,6-8,10-12H2,1-2H3,(H,22,24). The zero-order valence-electron chi connectivity index (χ0n) is 14.7. The molecule has 0 spiro atoms. The van der Waals surface area contributed by atoms with Crippen LogP contribution in [-0.4, -0.2) is 11.7 Å². The Labute approximate surface area is 144 Å². The molecule has 0 saturated heterocycles. The van der Waals surface area contributed by atoms with Gasteiger partial charge in [-0.05, 0) is 81.8 Å². The lowest BCUT2D eigenvalue weighted by atomic mass is 9.49. The maximum atomic E-state index is 13.1. The van der Waals surface area contributed by atoms with Crippen LogP contribution in [0.2, 0.25) is 0 Å². The number of hydrogen-bond donors (Lipinski definition) is 1. The molecule has 0 aromatic heterocycles. The first kappa shape index (κ1) is 15.9. The quantitative estimate of drug-likeness (QED) is 0.840. The summed E-state index contributed by atoms with van der Waals surface area (Å²) < 4.78 is 0. The van der Waals surface area contributed by atoms with Gasteiger partial charge in [0.25, 0.3) is 0 Å². The van der Waals surface area contributed by atoms with Crippen LogP contribution in [0.5, 0.6) is 0 Å². The van der Waals surface area contributed by atoms with E-state index < -0.39 is 0 Å². The number of Topliss-reactive ketones (excluding diaryl/α,β-unsaturated/α-hetero) is 1. The monoisotopic (exact) mass is 325 g/mol. The summed E-state index contributed by atoms with van der Waals surface area (Å²) in [5.74, 6) is 2.65. The number of rotatable bonds is 4. The fraction of sp³-hybridized carbons (Fsp3) is 0.619. The number of carbonyl (C=O) groups is 2. The Balaban J connectivity index is 1.50. The zero-order valence-corrected chi connectivity index (χ0v) is 14.7. The van der Waals surface area contributed by atoms with Gasteiger partial charge in [0.1, 0.15) is 0 Å². The third-order valence-corrected chi connectivity index (χ3v) is 6.66. The molecule has 3 nitrogen and oxygen atoms in total. The highest BCUT2D eigenvalue weighted by molar-refractivity contribution is 5.94. The van der Waals surface area contributed by atoms with Gasteiger partial charge < -0.3 is 5.32 Å². The Morgan fingerprint density at radius 1 is 1.08 bits per heavy atom. The Bertz CT molecular complexity index is 643. The molecule has 4 aliphatic carbocycles. The van der Waals surface area contributed by atoms with Gasteiger partial charge >= 0.3 is 0 Å². The Hall–Kier alpha value is -1.64. The fourth-order valence-corrected chi connectivity index (χ4v) is 5.85. The van der Waals surface area contributed by atoms with Crippen LogP contribution in [0.4, 0.5) is 0 Å². The van der Waals surface area contributed by atoms with E-state index >= 15 is 0 Å². The van der Waals surface area contributed by atoms with Gasteiger partial charge in [0.2, 0.25) is 5.91 Å². The summed E-state index contributed by atoms with van der Waals surface area (Å²) in [6.45, 7) is 3.61. The highest BCUT2D eigenvalue weighted by Crippen LogP contribution is 2.60. The average molecular weight is 325 g/mol. The van der Waals surface area contributed by atoms with Gasteiger partial charge in [0.05, 0.1) is 6.04 Å². The second-order valence-electron chi connectivity index (χ2n) is 8.57. The van der Waals surface area contributed by atoms with Crippen molar-refractivity contribution < 1.29 is 9.59 Å². The lowest BCUT2D eigenvalue weighted by molar-refractivity contribution is -0.147. The lowest BCUT2D eigenvalue weighted by Crippen LogP contribution is -2.53. The Morgan fingerprint density at radius 2 is 1.67 bits per heavy atom. The minimum Gasteiger partial charge on any atom is -0.349 e. The highest BCUT2D eigenvalue weighted by Gasteiger charge is 2.54. The molecule has 0 radical (unpaired) electrons. The molecule has 1 aromatic carbocycles. The third-order valence-electron chi connectivity index (χ3n) is 6.66. The summed E-state index contributed by atoms with van der Waals surface area (Å²) in [4.78, 5) is 24.7. The molecule has 1 aromatic rings. The molecule has 0 heterocycles. The smallest absolute Gasteiger partial charge is 0.226 e. The predicted octanol–water partition coefficient (Wildman–Crippen LogP) is 4.28. The van der Waals surface area contributed by atoms with Gasteiger partial charge in [-0.1, -0.05) is 18.2 Å². The number of carbonyl (C=O) groups excluding carboxylic acids is 2. The van der Waals surface area contributed by atoms with Crippen LogP contribution < -0.4 is 5.32 Å². The molecule has 4 bridgehead atoms. The molecule has 4 fully saturated rings. The normalized spacial score (nSPS) is 34.8. The lowest BCUT2D eigenvalue weighted by Gasteiger charge is -2.55. The van der Waals surface area contributed by atoms with Crippen molar-refractivity contribution in [3.8, 4) is 0 Å². The van der Waals surface area contributed by atoms with Crippen molar-refractivity contribution in [3.05, 3.63) is 35.4 Å². The van der Waals surface area contributed by atoms with Crippen molar-refractivity contribution in [2.24, 2.45) is 23.2 Å². The van der Waals surface area contributed by atoms with Crippen LogP contribution in [0, 0.1) is 23.2 Å². The van der Waals surface area contributed by atoms with Gasteiger partial charge in [0.15, 0.2) is 5.78 Å². The topological polar surface area (TPSA) is 46.2 Å². The van der Waals surface area contributed by atoms with Crippen molar-refractivity contribution >= 4 is 11.7 Å². The minimum atomic E-state index is -0.110. The molecule has 1 amide bonds. The first-order chi connectivity index (χ1) is 11.4. The molecule has 24 heavy (non-hydrogen) atoms. The molecule has 1 unspecified atom stereocenters. The van der Waals surface area contributed by atoms with E-state index in [0.717, 1.165) is 42.6 Å². The number of benzene rings is 1. The van der Waals surface area contributed by atoms with Gasteiger partial charge in [-0.15, -0.1) is 0 Å². The Kier molecular flexibility index (Phi) is 3.78.